The molecule has 0 aromatic carbocycles. The molecule has 0 aliphatic carbocycles. The van der Waals surface area contributed by atoms with Crippen LogP contribution in [0.2, 0.25) is 0 Å². The molecule has 0 spiro atoms. The van der Waals surface area contributed by atoms with Crippen LogP contribution in [0.25, 0.3) is 0 Å². The van der Waals surface area contributed by atoms with Gasteiger partial charge in [0, 0.05) is 25.7 Å². The maximum absolute atomic E-state index is 9.58. The smallest absolute Gasteiger partial charge is 0.0589 e. The first-order chi connectivity index (χ1) is 6.31. The van der Waals surface area contributed by atoms with Gasteiger partial charge in [-0.2, -0.15) is 0 Å². The zero-order chi connectivity index (χ0) is 9.26. The quantitative estimate of drug-likeness (QED) is 0.699. The van der Waals surface area contributed by atoms with Crippen LogP contribution in [0.1, 0.15) is 25.7 Å². The van der Waals surface area contributed by atoms with Gasteiger partial charge in [-0.3, -0.25) is 4.90 Å². The minimum atomic E-state index is -0.0451. The van der Waals surface area contributed by atoms with E-state index in [1.54, 1.807) is 7.11 Å². The Morgan fingerprint density at radius 3 is 2.46 bits per heavy atom. The van der Waals surface area contributed by atoms with E-state index in [1.807, 2.05) is 0 Å². The van der Waals surface area contributed by atoms with Crippen molar-refractivity contribution < 1.29 is 9.84 Å². The van der Waals surface area contributed by atoms with Gasteiger partial charge in [0.05, 0.1) is 12.7 Å². The van der Waals surface area contributed by atoms with Crippen LogP contribution in [0.3, 0.4) is 0 Å². The van der Waals surface area contributed by atoms with Crippen molar-refractivity contribution in [2.75, 3.05) is 20.3 Å². The van der Waals surface area contributed by atoms with Gasteiger partial charge in [-0.25, -0.2) is 0 Å². The fourth-order valence-electron chi connectivity index (χ4n) is 2.81. The summed E-state index contributed by atoms with van der Waals surface area (Å²) in [6.45, 7) is 1.86. The minimum absolute atomic E-state index is 0.0451. The van der Waals surface area contributed by atoms with Gasteiger partial charge in [-0.1, -0.05) is 0 Å². The SMILES string of the molecule is COCCN1C2CCC1CC(O)C2. The summed E-state index contributed by atoms with van der Waals surface area (Å²) >= 11 is 0. The van der Waals surface area contributed by atoms with E-state index >= 15 is 0 Å². The second-order valence-electron chi connectivity index (χ2n) is 4.24. The van der Waals surface area contributed by atoms with Crippen molar-refractivity contribution in [1.82, 2.24) is 4.90 Å². The van der Waals surface area contributed by atoms with E-state index in [2.05, 4.69) is 4.90 Å². The van der Waals surface area contributed by atoms with Crippen LogP contribution in [-0.4, -0.2) is 48.5 Å². The Bertz CT molecular complexity index is 160. The van der Waals surface area contributed by atoms with Crippen LogP contribution in [-0.2, 0) is 4.74 Å². The summed E-state index contributed by atoms with van der Waals surface area (Å²) in [6.07, 6.45) is 4.44. The van der Waals surface area contributed by atoms with Crippen LogP contribution in [0.4, 0.5) is 0 Å². The van der Waals surface area contributed by atoms with E-state index in [9.17, 15) is 5.11 Å². The first-order valence-electron chi connectivity index (χ1n) is 5.24. The van der Waals surface area contributed by atoms with Gasteiger partial charge in [0.1, 0.15) is 0 Å². The number of aliphatic hydroxyl groups excluding tert-OH is 1. The number of aliphatic hydroxyl groups is 1. The van der Waals surface area contributed by atoms with Crippen LogP contribution in [0.5, 0.6) is 0 Å². The largest absolute Gasteiger partial charge is 0.393 e. The number of nitrogens with zero attached hydrogens (tertiary/aromatic N) is 1. The average molecular weight is 185 g/mol. The molecule has 0 amide bonds. The molecule has 2 bridgehead atoms. The van der Waals surface area contributed by atoms with Crippen molar-refractivity contribution in [2.45, 2.75) is 43.9 Å². The van der Waals surface area contributed by atoms with Crippen LogP contribution in [0.15, 0.2) is 0 Å². The van der Waals surface area contributed by atoms with E-state index in [4.69, 9.17) is 4.74 Å². The minimum Gasteiger partial charge on any atom is -0.393 e. The van der Waals surface area contributed by atoms with Crippen LogP contribution < -0.4 is 0 Å². The van der Waals surface area contributed by atoms with E-state index in [-0.39, 0.29) is 6.10 Å². The molecule has 0 saturated carbocycles. The molecule has 2 unspecified atom stereocenters. The van der Waals surface area contributed by atoms with Crippen molar-refractivity contribution in [3.05, 3.63) is 0 Å². The highest BCUT2D eigenvalue weighted by molar-refractivity contribution is 4.94. The summed E-state index contributed by atoms with van der Waals surface area (Å²) < 4.78 is 5.09. The summed E-state index contributed by atoms with van der Waals surface area (Å²) in [4.78, 5) is 2.52. The maximum atomic E-state index is 9.58. The molecule has 2 atom stereocenters. The van der Waals surface area contributed by atoms with E-state index in [0.717, 1.165) is 26.0 Å². The van der Waals surface area contributed by atoms with Crippen molar-refractivity contribution in [1.29, 1.82) is 0 Å². The number of ether oxygens (including phenoxy) is 1. The standard InChI is InChI=1S/C10H19NO2/c1-13-5-4-11-8-2-3-9(11)7-10(12)6-8/h8-10,12H,2-7H2,1H3. The molecule has 76 valence electrons. The van der Waals surface area contributed by atoms with Gasteiger partial charge in [-0.15, -0.1) is 0 Å². The molecule has 0 aromatic rings. The summed E-state index contributed by atoms with van der Waals surface area (Å²) in [5.74, 6) is 0. The molecule has 2 saturated heterocycles. The van der Waals surface area contributed by atoms with Gasteiger partial charge in [-0.05, 0) is 25.7 Å². The third-order valence-corrected chi connectivity index (χ3v) is 3.41. The second-order valence-corrected chi connectivity index (χ2v) is 4.24. The van der Waals surface area contributed by atoms with Crippen molar-refractivity contribution >= 4 is 0 Å². The van der Waals surface area contributed by atoms with Gasteiger partial charge in [0.25, 0.3) is 0 Å². The Morgan fingerprint density at radius 1 is 1.31 bits per heavy atom. The highest BCUT2D eigenvalue weighted by atomic mass is 16.5. The summed E-state index contributed by atoms with van der Waals surface area (Å²) in [5.41, 5.74) is 0. The number of fused-ring (bicyclic) bond motifs is 2. The van der Waals surface area contributed by atoms with Crippen LogP contribution in [0, 0.1) is 0 Å². The molecule has 1 N–H and O–H groups in total. The Morgan fingerprint density at radius 2 is 1.92 bits per heavy atom. The average Bonchev–Trinajstić information content (AvgIpc) is 2.33. The van der Waals surface area contributed by atoms with Crippen molar-refractivity contribution in [3.8, 4) is 0 Å². The fraction of sp³-hybridized carbons (Fsp3) is 1.00. The number of methoxy groups -OCH3 is 1. The van der Waals surface area contributed by atoms with E-state index in [0.29, 0.717) is 12.1 Å². The fourth-order valence-corrected chi connectivity index (χ4v) is 2.81. The lowest BCUT2D eigenvalue weighted by atomic mass is 10.0. The molecule has 2 aliphatic rings. The highest BCUT2D eigenvalue weighted by Crippen LogP contribution is 2.35. The van der Waals surface area contributed by atoms with Gasteiger partial charge >= 0.3 is 0 Å². The molecule has 2 heterocycles. The van der Waals surface area contributed by atoms with Gasteiger partial charge in [0.2, 0.25) is 0 Å². The Hall–Kier alpha value is -0.120. The first-order valence-corrected chi connectivity index (χ1v) is 5.24. The molecule has 3 nitrogen and oxygen atoms in total. The zero-order valence-corrected chi connectivity index (χ0v) is 8.28. The molecule has 2 aliphatic heterocycles. The molecule has 13 heavy (non-hydrogen) atoms. The topological polar surface area (TPSA) is 32.7 Å². The zero-order valence-electron chi connectivity index (χ0n) is 8.28. The van der Waals surface area contributed by atoms with Crippen molar-refractivity contribution in [2.24, 2.45) is 0 Å². The molecule has 2 rings (SSSR count). The molecular weight excluding hydrogens is 166 g/mol. The molecular formula is C10H19NO2. The second kappa shape index (κ2) is 3.95. The summed E-state index contributed by atoms with van der Waals surface area (Å²) in [6, 6.07) is 1.26. The highest BCUT2D eigenvalue weighted by Gasteiger charge is 2.39. The Kier molecular flexibility index (Phi) is 2.86. The van der Waals surface area contributed by atoms with Gasteiger partial charge in [0.15, 0.2) is 0 Å². The number of hydrogen-bond donors (Lipinski definition) is 1. The predicted octanol–water partition coefficient (Wildman–Crippen LogP) is 0.621. The Balaban J connectivity index is 1.90. The summed E-state index contributed by atoms with van der Waals surface area (Å²) in [5, 5.41) is 9.58. The lowest BCUT2D eigenvalue weighted by Crippen LogP contribution is -2.45. The van der Waals surface area contributed by atoms with E-state index < -0.39 is 0 Å². The maximum Gasteiger partial charge on any atom is 0.0589 e. The monoisotopic (exact) mass is 185 g/mol. The Labute approximate surface area is 79.7 Å². The molecule has 2 fully saturated rings. The molecule has 0 aromatic heterocycles. The molecule has 0 radical (unpaired) electrons. The third-order valence-electron chi connectivity index (χ3n) is 3.41. The summed E-state index contributed by atoms with van der Waals surface area (Å²) in [7, 11) is 1.75. The normalized spacial score (nSPS) is 39.7. The predicted molar refractivity (Wildman–Crippen MR) is 50.6 cm³/mol. The number of hydrogen-bond acceptors (Lipinski definition) is 3. The molecule has 3 heteroatoms. The van der Waals surface area contributed by atoms with Crippen LogP contribution >= 0.6 is 0 Å². The van der Waals surface area contributed by atoms with Gasteiger partial charge < -0.3 is 9.84 Å². The number of piperidine rings is 1. The number of rotatable bonds is 3. The first kappa shape index (κ1) is 9.44. The van der Waals surface area contributed by atoms with E-state index in [1.165, 1.54) is 12.8 Å². The lowest BCUT2D eigenvalue weighted by molar-refractivity contribution is 0.0219. The van der Waals surface area contributed by atoms with Crippen molar-refractivity contribution in [3.63, 3.8) is 0 Å². The third kappa shape index (κ3) is 1.87. The lowest BCUT2D eigenvalue weighted by Gasteiger charge is -2.36.